The Hall–Kier alpha value is 1.67. The molecule has 1 heterocycles. The standard InChI is InChI=1S/C15H17NO4S2.2K/c1-2-5-9(13(17)18)10(14(19)20)8-21-15-16-11-6-3-4-7-12(11)22-15;;/h3-4,6-7,9-10H,2,5,8H2,1H3,(H,17,18)(H,19,20);;/q;2*+1/p-2. The predicted molar refractivity (Wildman–Crippen MR) is 82.2 cm³/mol. The van der Waals surface area contributed by atoms with Crippen molar-refractivity contribution >= 4 is 45.3 Å². The van der Waals surface area contributed by atoms with Gasteiger partial charge in [0.25, 0.3) is 0 Å². The van der Waals surface area contributed by atoms with E-state index in [0.717, 1.165) is 14.6 Å². The van der Waals surface area contributed by atoms with E-state index in [2.05, 4.69) is 4.98 Å². The van der Waals surface area contributed by atoms with Gasteiger partial charge in [-0.2, -0.15) is 0 Å². The summed E-state index contributed by atoms with van der Waals surface area (Å²) in [5.41, 5.74) is 0.852. The monoisotopic (exact) mass is 415 g/mol. The van der Waals surface area contributed by atoms with Crippen molar-refractivity contribution in [2.75, 3.05) is 5.75 Å². The predicted octanol–water partition coefficient (Wildman–Crippen LogP) is -5.07. The van der Waals surface area contributed by atoms with Crippen LogP contribution in [0.3, 0.4) is 0 Å². The summed E-state index contributed by atoms with van der Waals surface area (Å²) in [6.45, 7) is 1.81. The zero-order valence-electron chi connectivity index (χ0n) is 14.0. The molecule has 5 nitrogen and oxygen atoms in total. The molecule has 0 radical (unpaired) electrons. The Balaban J connectivity index is 0.00000264. The zero-order valence-corrected chi connectivity index (χ0v) is 21.9. The molecule has 2 aromatic rings. The summed E-state index contributed by atoms with van der Waals surface area (Å²) >= 11 is 2.71. The van der Waals surface area contributed by atoms with E-state index in [1.54, 1.807) is 0 Å². The number of fused-ring (bicyclic) bond motifs is 1. The third-order valence-electron chi connectivity index (χ3n) is 3.35. The van der Waals surface area contributed by atoms with E-state index < -0.39 is 23.8 Å². The molecule has 0 bridgehead atoms. The number of carbonyl (C=O) groups is 2. The van der Waals surface area contributed by atoms with Gasteiger partial charge in [0.2, 0.25) is 0 Å². The number of carboxylic acid groups (broad SMARTS) is 2. The number of carboxylic acids is 2. The van der Waals surface area contributed by atoms with Crippen molar-refractivity contribution in [1.29, 1.82) is 0 Å². The van der Waals surface area contributed by atoms with Gasteiger partial charge in [0.1, 0.15) is 0 Å². The maximum atomic E-state index is 11.3. The molecule has 2 rings (SSSR count). The molecule has 0 amide bonds. The molecule has 0 saturated carbocycles. The van der Waals surface area contributed by atoms with Crippen molar-refractivity contribution < 1.29 is 123 Å². The van der Waals surface area contributed by atoms with Crippen LogP contribution in [0.4, 0.5) is 0 Å². The number of benzene rings is 1. The third-order valence-corrected chi connectivity index (χ3v) is 5.65. The summed E-state index contributed by atoms with van der Waals surface area (Å²) in [4.78, 5) is 26.8. The van der Waals surface area contributed by atoms with Gasteiger partial charge in [-0.3, -0.25) is 0 Å². The van der Waals surface area contributed by atoms with Crippen molar-refractivity contribution in [3.05, 3.63) is 24.3 Å². The molecule has 0 spiro atoms. The van der Waals surface area contributed by atoms with Gasteiger partial charge in [-0.15, -0.1) is 11.3 Å². The quantitative estimate of drug-likeness (QED) is 0.316. The minimum Gasteiger partial charge on any atom is -0.550 e. The smallest absolute Gasteiger partial charge is 0.550 e. The maximum absolute atomic E-state index is 11.3. The summed E-state index contributed by atoms with van der Waals surface area (Å²) in [7, 11) is 0. The number of carbonyl (C=O) groups excluding carboxylic acids is 2. The second-order valence-corrected chi connectivity index (χ2v) is 7.20. The Labute approximate surface area is 234 Å². The number of thioether (sulfide) groups is 1. The van der Waals surface area contributed by atoms with Gasteiger partial charge >= 0.3 is 103 Å². The number of hydrogen-bond donors (Lipinski definition) is 0. The van der Waals surface area contributed by atoms with E-state index in [0.29, 0.717) is 6.42 Å². The van der Waals surface area contributed by atoms with Crippen LogP contribution in [-0.4, -0.2) is 22.7 Å². The number of rotatable bonds is 8. The number of thiazole rings is 1. The van der Waals surface area contributed by atoms with Gasteiger partial charge in [-0.05, 0) is 18.6 Å². The molecule has 9 heteroatoms. The van der Waals surface area contributed by atoms with Crippen LogP contribution >= 0.6 is 23.1 Å². The molecule has 0 saturated heterocycles. The van der Waals surface area contributed by atoms with Crippen LogP contribution in [0, 0.1) is 11.8 Å². The fourth-order valence-corrected chi connectivity index (χ4v) is 4.48. The van der Waals surface area contributed by atoms with Gasteiger partial charge in [0.15, 0.2) is 4.34 Å². The molecule has 1 aromatic carbocycles. The summed E-state index contributed by atoms with van der Waals surface area (Å²) in [6.07, 6.45) is 0.843. The zero-order chi connectivity index (χ0) is 16.1. The fraction of sp³-hybridized carbons (Fsp3) is 0.400. The molecule has 0 fully saturated rings. The molecule has 118 valence electrons. The second-order valence-electron chi connectivity index (χ2n) is 4.90. The van der Waals surface area contributed by atoms with E-state index in [-0.39, 0.29) is 115 Å². The normalized spacial score (nSPS) is 12.7. The average Bonchev–Trinajstić information content (AvgIpc) is 2.88. The number of para-hydroxylation sites is 1. The van der Waals surface area contributed by atoms with Gasteiger partial charge < -0.3 is 19.8 Å². The Bertz CT molecular complexity index is 647. The van der Waals surface area contributed by atoms with Crippen LogP contribution in [0.1, 0.15) is 19.8 Å². The summed E-state index contributed by atoms with van der Waals surface area (Å²) in [6, 6.07) is 7.61. The average molecular weight is 416 g/mol. The van der Waals surface area contributed by atoms with Crippen molar-refractivity contribution in [1.82, 2.24) is 4.98 Å². The summed E-state index contributed by atoms with van der Waals surface area (Å²) in [5.74, 6) is -4.68. The first-order chi connectivity index (χ1) is 10.5. The number of aromatic nitrogens is 1. The van der Waals surface area contributed by atoms with Crippen molar-refractivity contribution in [2.45, 2.75) is 24.1 Å². The summed E-state index contributed by atoms with van der Waals surface area (Å²) < 4.78 is 1.74. The van der Waals surface area contributed by atoms with Crippen molar-refractivity contribution in [2.24, 2.45) is 11.8 Å². The minimum atomic E-state index is -1.35. The minimum absolute atomic E-state index is 0. The molecule has 24 heavy (non-hydrogen) atoms. The summed E-state index contributed by atoms with van der Waals surface area (Å²) in [5, 5.41) is 22.4. The Morgan fingerprint density at radius 2 is 1.79 bits per heavy atom. The van der Waals surface area contributed by atoms with Crippen LogP contribution < -0.4 is 113 Å². The molecule has 2 unspecified atom stereocenters. The largest absolute Gasteiger partial charge is 1.00 e. The Morgan fingerprint density at radius 3 is 2.33 bits per heavy atom. The van der Waals surface area contributed by atoms with E-state index in [1.807, 2.05) is 31.2 Å². The molecule has 1 aromatic heterocycles. The van der Waals surface area contributed by atoms with Crippen LogP contribution in [0.5, 0.6) is 0 Å². The van der Waals surface area contributed by atoms with E-state index in [9.17, 15) is 19.8 Å². The topological polar surface area (TPSA) is 93.2 Å². The molecule has 0 aliphatic carbocycles. The van der Waals surface area contributed by atoms with Crippen LogP contribution in [0.2, 0.25) is 0 Å². The van der Waals surface area contributed by atoms with Crippen molar-refractivity contribution in [3.8, 4) is 0 Å². The van der Waals surface area contributed by atoms with E-state index in [4.69, 9.17) is 0 Å². The third kappa shape index (κ3) is 7.36. The fourth-order valence-electron chi connectivity index (χ4n) is 2.22. The number of aliphatic carboxylic acids is 2. The second kappa shape index (κ2) is 13.0. The number of nitrogens with zero attached hydrogens (tertiary/aromatic N) is 1. The van der Waals surface area contributed by atoms with Crippen molar-refractivity contribution in [3.63, 3.8) is 0 Å². The first-order valence-corrected chi connectivity index (χ1v) is 8.73. The van der Waals surface area contributed by atoms with Crippen LogP contribution in [0.25, 0.3) is 10.2 Å². The van der Waals surface area contributed by atoms with Crippen LogP contribution in [-0.2, 0) is 9.59 Å². The molecule has 0 N–H and O–H groups in total. The number of hydrogen-bond acceptors (Lipinski definition) is 7. The van der Waals surface area contributed by atoms with Gasteiger partial charge in [-0.25, -0.2) is 4.98 Å². The molecule has 2 atom stereocenters. The van der Waals surface area contributed by atoms with Gasteiger partial charge in [-0.1, -0.05) is 37.2 Å². The van der Waals surface area contributed by atoms with E-state index in [1.165, 1.54) is 23.1 Å². The SMILES string of the molecule is CCCC(C(=O)[O-])C(CSc1nc2ccccc2s1)C(=O)[O-].[K+].[K+]. The van der Waals surface area contributed by atoms with Gasteiger partial charge in [0.05, 0.1) is 10.2 Å². The van der Waals surface area contributed by atoms with E-state index >= 15 is 0 Å². The first-order valence-electron chi connectivity index (χ1n) is 6.93. The molecule has 0 aliphatic rings. The first kappa shape index (κ1) is 25.7. The van der Waals surface area contributed by atoms with Gasteiger partial charge in [0, 0.05) is 29.5 Å². The maximum Gasteiger partial charge on any atom is 1.00 e. The molecular formula is C15H15K2NO4S2. The Kier molecular flexibility index (Phi) is 13.9. The Morgan fingerprint density at radius 1 is 1.17 bits per heavy atom. The molecular weight excluding hydrogens is 400 g/mol. The van der Waals surface area contributed by atoms with Crippen LogP contribution in [0.15, 0.2) is 28.6 Å². The molecule has 0 aliphatic heterocycles.